The number of methoxy groups -OCH3 is 1. The maximum Gasteiger partial charge on any atom is 0.331 e. The van der Waals surface area contributed by atoms with Crippen LogP contribution in [0.4, 0.5) is 0 Å². The van der Waals surface area contributed by atoms with Gasteiger partial charge in [0.15, 0.2) is 6.61 Å². The number of carbonyl (C=O) groups is 1. The van der Waals surface area contributed by atoms with Crippen LogP contribution in [0.3, 0.4) is 0 Å². The second kappa shape index (κ2) is 7.92. The van der Waals surface area contributed by atoms with E-state index in [2.05, 4.69) is 10.1 Å². The highest BCUT2D eigenvalue weighted by atomic mass is 16.6. The van der Waals surface area contributed by atoms with Gasteiger partial charge in [-0.2, -0.15) is 4.98 Å². The molecule has 0 atom stereocenters. The second-order valence-corrected chi connectivity index (χ2v) is 5.09. The van der Waals surface area contributed by atoms with E-state index in [0.717, 1.165) is 16.9 Å². The lowest BCUT2D eigenvalue weighted by molar-refractivity contribution is -0.139. The van der Waals surface area contributed by atoms with Crippen LogP contribution >= 0.6 is 0 Å². The number of aromatic nitrogens is 2. The summed E-state index contributed by atoms with van der Waals surface area (Å²) < 4.78 is 15.3. The van der Waals surface area contributed by atoms with Gasteiger partial charge in [-0.3, -0.25) is 0 Å². The highest BCUT2D eigenvalue weighted by Crippen LogP contribution is 2.15. The highest BCUT2D eigenvalue weighted by Gasteiger charge is 2.09. The maximum absolute atomic E-state index is 11.8. The summed E-state index contributed by atoms with van der Waals surface area (Å²) in [4.78, 5) is 16.0. The zero-order valence-corrected chi connectivity index (χ0v) is 13.6. The molecule has 0 amide bonds. The minimum Gasteiger partial charge on any atom is -0.497 e. The van der Waals surface area contributed by atoms with Crippen LogP contribution < -0.4 is 4.74 Å². The monoisotopic (exact) mass is 336 g/mol. The number of rotatable bonds is 6. The van der Waals surface area contributed by atoms with E-state index in [-0.39, 0.29) is 12.5 Å². The molecule has 0 aliphatic rings. The molecule has 0 unspecified atom stereocenters. The van der Waals surface area contributed by atoms with E-state index >= 15 is 0 Å². The van der Waals surface area contributed by atoms with Crippen LogP contribution in [0, 0.1) is 0 Å². The van der Waals surface area contributed by atoms with E-state index in [1.54, 1.807) is 13.2 Å². The number of ether oxygens (including phenoxy) is 2. The Morgan fingerprint density at radius 2 is 1.88 bits per heavy atom. The van der Waals surface area contributed by atoms with Gasteiger partial charge < -0.3 is 14.0 Å². The number of benzene rings is 2. The van der Waals surface area contributed by atoms with Gasteiger partial charge in [0.25, 0.3) is 5.89 Å². The van der Waals surface area contributed by atoms with Crippen molar-refractivity contribution in [2.45, 2.75) is 6.61 Å². The van der Waals surface area contributed by atoms with E-state index in [1.165, 1.54) is 6.08 Å². The molecule has 0 bridgehead atoms. The molecule has 3 aromatic rings. The molecule has 0 aliphatic heterocycles. The van der Waals surface area contributed by atoms with Gasteiger partial charge in [0, 0.05) is 11.6 Å². The van der Waals surface area contributed by atoms with Gasteiger partial charge in [0.2, 0.25) is 5.82 Å². The molecular formula is C19H16N2O4. The van der Waals surface area contributed by atoms with Crippen LogP contribution in [0.5, 0.6) is 5.75 Å². The van der Waals surface area contributed by atoms with Crippen LogP contribution in [-0.2, 0) is 16.1 Å². The van der Waals surface area contributed by atoms with Crippen molar-refractivity contribution in [2.24, 2.45) is 0 Å². The van der Waals surface area contributed by atoms with Gasteiger partial charge in [-0.25, -0.2) is 4.79 Å². The molecule has 126 valence electrons. The van der Waals surface area contributed by atoms with E-state index in [1.807, 2.05) is 54.6 Å². The molecule has 1 aromatic heterocycles. The largest absolute Gasteiger partial charge is 0.497 e. The average Bonchev–Trinajstić information content (AvgIpc) is 3.15. The van der Waals surface area contributed by atoms with Crippen LogP contribution in [0.1, 0.15) is 11.5 Å². The van der Waals surface area contributed by atoms with Crippen molar-refractivity contribution in [3.05, 3.63) is 72.1 Å². The standard InChI is InChI=1S/C19H16N2O4/c1-23-16-10-7-14(8-11-16)9-12-18(22)24-13-17-20-19(21-25-17)15-5-3-2-4-6-15/h2-12H,13H2,1H3/b12-9+. The third-order valence-corrected chi connectivity index (χ3v) is 3.37. The summed E-state index contributed by atoms with van der Waals surface area (Å²) in [5.41, 5.74) is 1.70. The Hall–Kier alpha value is -3.41. The second-order valence-electron chi connectivity index (χ2n) is 5.09. The molecular weight excluding hydrogens is 320 g/mol. The molecule has 0 saturated carbocycles. The van der Waals surface area contributed by atoms with E-state index in [4.69, 9.17) is 14.0 Å². The van der Waals surface area contributed by atoms with Crippen LogP contribution in [0.25, 0.3) is 17.5 Å². The van der Waals surface area contributed by atoms with Gasteiger partial charge >= 0.3 is 5.97 Å². The number of esters is 1. The van der Waals surface area contributed by atoms with Crippen molar-refractivity contribution in [1.29, 1.82) is 0 Å². The smallest absolute Gasteiger partial charge is 0.331 e. The Balaban J connectivity index is 1.53. The Bertz CT molecular complexity index is 855. The van der Waals surface area contributed by atoms with Crippen LogP contribution in [-0.4, -0.2) is 23.2 Å². The van der Waals surface area contributed by atoms with Crippen molar-refractivity contribution >= 4 is 12.0 Å². The molecule has 2 aromatic carbocycles. The topological polar surface area (TPSA) is 74.5 Å². The third-order valence-electron chi connectivity index (χ3n) is 3.37. The Kier molecular flexibility index (Phi) is 5.21. The molecule has 0 spiro atoms. The van der Waals surface area contributed by atoms with Crippen molar-refractivity contribution in [3.63, 3.8) is 0 Å². The quantitative estimate of drug-likeness (QED) is 0.506. The predicted molar refractivity (Wildman–Crippen MR) is 91.6 cm³/mol. The third kappa shape index (κ3) is 4.54. The fraction of sp³-hybridized carbons (Fsp3) is 0.105. The summed E-state index contributed by atoms with van der Waals surface area (Å²) in [6.07, 6.45) is 3.00. The van der Waals surface area contributed by atoms with Gasteiger partial charge in [0.1, 0.15) is 5.75 Å². The maximum atomic E-state index is 11.8. The van der Waals surface area contributed by atoms with Crippen molar-refractivity contribution in [3.8, 4) is 17.1 Å². The van der Waals surface area contributed by atoms with E-state index < -0.39 is 5.97 Å². The summed E-state index contributed by atoms with van der Waals surface area (Å²) in [7, 11) is 1.60. The molecule has 0 saturated heterocycles. The molecule has 0 fully saturated rings. The first kappa shape index (κ1) is 16.4. The number of nitrogens with zero attached hydrogens (tertiary/aromatic N) is 2. The first-order chi connectivity index (χ1) is 12.2. The molecule has 0 N–H and O–H groups in total. The van der Waals surface area contributed by atoms with E-state index in [0.29, 0.717) is 5.82 Å². The molecule has 6 heteroatoms. The number of hydrogen-bond acceptors (Lipinski definition) is 6. The SMILES string of the molecule is COc1ccc(/C=C/C(=O)OCc2nc(-c3ccccc3)no2)cc1. The first-order valence-corrected chi connectivity index (χ1v) is 7.61. The fourth-order valence-corrected chi connectivity index (χ4v) is 2.08. The average molecular weight is 336 g/mol. The van der Waals surface area contributed by atoms with Gasteiger partial charge in [-0.05, 0) is 23.8 Å². The van der Waals surface area contributed by atoms with Crippen molar-refractivity contribution in [1.82, 2.24) is 10.1 Å². The summed E-state index contributed by atoms with van der Waals surface area (Å²) >= 11 is 0. The lowest BCUT2D eigenvalue weighted by Gasteiger charge is -1.99. The lowest BCUT2D eigenvalue weighted by Crippen LogP contribution is -2.00. The normalized spacial score (nSPS) is 10.8. The summed E-state index contributed by atoms with van der Waals surface area (Å²) in [6, 6.07) is 16.7. The minimum absolute atomic E-state index is 0.0778. The van der Waals surface area contributed by atoms with Gasteiger partial charge in [-0.15, -0.1) is 0 Å². The van der Waals surface area contributed by atoms with Crippen molar-refractivity contribution in [2.75, 3.05) is 7.11 Å². The minimum atomic E-state index is -0.490. The predicted octanol–water partition coefficient (Wildman–Crippen LogP) is 3.50. The fourth-order valence-electron chi connectivity index (χ4n) is 2.08. The lowest BCUT2D eigenvalue weighted by atomic mass is 10.2. The summed E-state index contributed by atoms with van der Waals surface area (Å²) in [5, 5.41) is 3.87. The summed E-state index contributed by atoms with van der Waals surface area (Å²) in [5.74, 6) is 0.964. The van der Waals surface area contributed by atoms with Crippen LogP contribution in [0.15, 0.2) is 65.2 Å². The van der Waals surface area contributed by atoms with Gasteiger partial charge in [0.05, 0.1) is 7.11 Å². The highest BCUT2D eigenvalue weighted by molar-refractivity contribution is 5.87. The Morgan fingerprint density at radius 1 is 1.12 bits per heavy atom. The van der Waals surface area contributed by atoms with Gasteiger partial charge in [-0.1, -0.05) is 47.6 Å². The molecule has 3 rings (SSSR count). The van der Waals surface area contributed by atoms with Crippen LogP contribution in [0.2, 0.25) is 0 Å². The molecule has 25 heavy (non-hydrogen) atoms. The van der Waals surface area contributed by atoms with E-state index in [9.17, 15) is 4.79 Å². The molecule has 0 radical (unpaired) electrons. The first-order valence-electron chi connectivity index (χ1n) is 7.61. The molecule has 1 heterocycles. The Morgan fingerprint density at radius 3 is 2.60 bits per heavy atom. The molecule has 6 nitrogen and oxygen atoms in total. The number of hydrogen-bond donors (Lipinski definition) is 0. The van der Waals surface area contributed by atoms with Crippen molar-refractivity contribution < 1.29 is 18.8 Å². The molecule has 0 aliphatic carbocycles. The zero-order valence-electron chi connectivity index (χ0n) is 13.6. The zero-order chi connectivity index (χ0) is 17.5. The summed E-state index contributed by atoms with van der Waals surface area (Å²) in [6.45, 7) is -0.0778. The Labute approximate surface area is 144 Å². The number of carbonyl (C=O) groups excluding carboxylic acids is 1.